The fourth-order valence-electron chi connectivity index (χ4n) is 2.17. The van der Waals surface area contributed by atoms with Crippen molar-refractivity contribution >= 4 is 29.2 Å². The summed E-state index contributed by atoms with van der Waals surface area (Å²) in [5, 5.41) is 13.0. The van der Waals surface area contributed by atoms with Crippen LogP contribution in [0, 0.1) is 0 Å². The molecular weight excluding hydrogens is 282 g/mol. The molecule has 0 aromatic heterocycles. The molecule has 1 fully saturated rings. The highest BCUT2D eigenvalue weighted by molar-refractivity contribution is 7.99. The summed E-state index contributed by atoms with van der Waals surface area (Å²) in [6, 6.07) is 5.52. The van der Waals surface area contributed by atoms with Crippen molar-refractivity contribution in [1.82, 2.24) is 4.90 Å². The standard InChI is InChI=1S/C13H18ClN3OS/c1-9-7-17(4-5-19-9)8-11-3-2-10(6-12(11)14)13(15)16-18/h2-3,6,9,18H,4-5,7-8H2,1H3,(H2,15,16). The molecule has 1 aliphatic rings. The summed E-state index contributed by atoms with van der Waals surface area (Å²) in [6.45, 7) is 5.27. The van der Waals surface area contributed by atoms with Crippen molar-refractivity contribution < 1.29 is 5.21 Å². The van der Waals surface area contributed by atoms with Crippen molar-refractivity contribution in [2.45, 2.75) is 18.7 Å². The summed E-state index contributed by atoms with van der Waals surface area (Å²) < 4.78 is 0. The number of nitrogens with two attached hydrogens (primary N) is 1. The average molecular weight is 300 g/mol. The van der Waals surface area contributed by atoms with Gasteiger partial charge in [-0.25, -0.2) is 0 Å². The van der Waals surface area contributed by atoms with Crippen molar-refractivity contribution in [3.8, 4) is 0 Å². The highest BCUT2D eigenvalue weighted by Gasteiger charge is 2.17. The van der Waals surface area contributed by atoms with E-state index in [0.29, 0.717) is 15.8 Å². The van der Waals surface area contributed by atoms with Crippen LogP contribution in [0.3, 0.4) is 0 Å². The number of nitrogens with zero attached hydrogens (tertiary/aromatic N) is 2. The summed E-state index contributed by atoms with van der Waals surface area (Å²) in [4.78, 5) is 2.41. The van der Waals surface area contributed by atoms with Crippen molar-refractivity contribution in [3.05, 3.63) is 34.3 Å². The molecule has 1 aromatic carbocycles. The first-order valence-corrected chi connectivity index (χ1v) is 7.63. The van der Waals surface area contributed by atoms with Gasteiger partial charge in [-0.2, -0.15) is 11.8 Å². The number of hydrogen-bond donors (Lipinski definition) is 2. The fraction of sp³-hybridized carbons (Fsp3) is 0.462. The largest absolute Gasteiger partial charge is 0.409 e. The van der Waals surface area contributed by atoms with E-state index in [1.165, 1.54) is 5.75 Å². The first-order chi connectivity index (χ1) is 9.10. The molecule has 0 aliphatic carbocycles. The van der Waals surface area contributed by atoms with Gasteiger partial charge in [-0.1, -0.05) is 35.8 Å². The maximum atomic E-state index is 8.65. The predicted molar refractivity (Wildman–Crippen MR) is 81.2 cm³/mol. The Hall–Kier alpha value is -0.910. The van der Waals surface area contributed by atoms with Crippen LogP contribution in [0.15, 0.2) is 23.4 Å². The van der Waals surface area contributed by atoms with E-state index in [4.69, 9.17) is 22.5 Å². The van der Waals surface area contributed by atoms with Gasteiger partial charge in [0.2, 0.25) is 0 Å². The lowest BCUT2D eigenvalue weighted by Crippen LogP contribution is -2.36. The number of thioether (sulfide) groups is 1. The van der Waals surface area contributed by atoms with E-state index in [1.807, 2.05) is 23.9 Å². The van der Waals surface area contributed by atoms with Crippen LogP contribution in [0.1, 0.15) is 18.1 Å². The molecule has 3 N–H and O–H groups in total. The fourth-order valence-corrected chi connectivity index (χ4v) is 3.49. The molecule has 0 radical (unpaired) electrons. The van der Waals surface area contributed by atoms with Crippen LogP contribution >= 0.6 is 23.4 Å². The molecule has 2 rings (SSSR count). The highest BCUT2D eigenvalue weighted by Crippen LogP contribution is 2.23. The number of oxime groups is 1. The Balaban J connectivity index is 2.09. The lowest BCUT2D eigenvalue weighted by molar-refractivity contribution is 0.278. The summed E-state index contributed by atoms with van der Waals surface area (Å²) >= 11 is 8.27. The van der Waals surface area contributed by atoms with E-state index in [0.717, 1.165) is 25.2 Å². The molecule has 1 aromatic rings. The number of amidine groups is 1. The summed E-state index contributed by atoms with van der Waals surface area (Å²) in [5.74, 6) is 1.25. The molecule has 19 heavy (non-hydrogen) atoms. The number of hydrogen-bond acceptors (Lipinski definition) is 4. The summed E-state index contributed by atoms with van der Waals surface area (Å²) in [7, 11) is 0. The van der Waals surface area contributed by atoms with Crippen LogP contribution in [-0.2, 0) is 6.54 Å². The van der Waals surface area contributed by atoms with Crippen molar-refractivity contribution in [2.75, 3.05) is 18.8 Å². The molecule has 104 valence electrons. The van der Waals surface area contributed by atoms with Crippen LogP contribution in [0.25, 0.3) is 0 Å². The highest BCUT2D eigenvalue weighted by atomic mass is 35.5. The van der Waals surface area contributed by atoms with Gasteiger partial charge in [-0.15, -0.1) is 0 Å². The molecule has 4 nitrogen and oxygen atoms in total. The van der Waals surface area contributed by atoms with Crippen LogP contribution in [0.4, 0.5) is 0 Å². The third kappa shape index (κ3) is 3.78. The van der Waals surface area contributed by atoms with Gasteiger partial charge >= 0.3 is 0 Å². The van der Waals surface area contributed by atoms with Gasteiger partial charge in [-0.05, 0) is 11.6 Å². The molecule has 0 bridgehead atoms. The van der Waals surface area contributed by atoms with Gasteiger partial charge < -0.3 is 10.9 Å². The lowest BCUT2D eigenvalue weighted by Gasteiger charge is -2.30. The van der Waals surface area contributed by atoms with E-state index in [-0.39, 0.29) is 5.84 Å². The van der Waals surface area contributed by atoms with Crippen molar-refractivity contribution in [1.29, 1.82) is 0 Å². The Morgan fingerprint density at radius 3 is 3.05 bits per heavy atom. The van der Waals surface area contributed by atoms with Crippen LogP contribution in [0.5, 0.6) is 0 Å². The predicted octanol–water partition coefficient (Wildman–Crippen LogP) is 2.37. The molecule has 0 amide bonds. The second-order valence-corrected chi connectivity index (χ2v) is 6.66. The minimum absolute atomic E-state index is 0.0800. The molecule has 0 saturated carbocycles. The Kier molecular flexibility index (Phi) is 4.96. The molecule has 1 heterocycles. The summed E-state index contributed by atoms with van der Waals surface area (Å²) in [5.41, 5.74) is 7.26. The minimum atomic E-state index is 0.0800. The average Bonchev–Trinajstić information content (AvgIpc) is 2.40. The van der Waals surface area contributed by atoms with Gasteiger partial charge in [0, 0.05) is 41.2 Å². The second kappa shape index (κ2) is 6.50. The maximum absolute atomic E-state index is 8.65. The zero-order valence-corrected chi connectivity index (χ0v) is 12.4. The van der Waals surface area contributed by atoms with Crippen LogP contribution in [0.2, 0.25) is 5.02 Å². The first kappa shape index (κ1) is 14.5. The Morgan fingerprint density at radius 2 is 2.42 bits per heavy atom. The van der Waals surface area contributed by atoms with Gasteiger partial charge in [0.05, 0.1) is 0 Å². The zero-order valence-electron chi connectivity index (χ0n) is 10.8. The van der Waals surface area contributed by atoms with E-state index in [2.05, 4.69) is 17.0 Å². The van der Waals surface area contributed by atoms with Gasteiger partial charge in [-0.3, -0.25) is 4.90 Å². The lowest BCUT2D eigenvalue weighted by atomic mass is 10.1. The molecule has 1 saturated heterocycles. The first-order valence-electron chi connectivity index (χ1n) is 6.20. The molecule has 1 atom stereocenters. The van der Waals surface area contributed by atoms with Gasteiger partial charge in [0.15, 0.2) is 5.84 Å². The van der Waals surface area contributed by atoms with Gasteiger partial charge in [0.1, 0.15) is 0 Å². The van der Waals surface area contributed by atoms with E-state index in [9.17, 15) is 0 Å². The molecule has 1 unspecified atom stereocenters. The Labute approximate surface area is 122 Å². The smallest absolute Gasteiger partial charge is 0.170 e. The van der Waals surface area contributed by atoms with Crippen molar-refractivity contribution in [3.63, 3.8) is 0 Å². The summed E-state index contributed by atoms with van der Waals surface area (Å²) in [6.07, 6.45) is 0. The zero-order chi connectivity index (χ0) is 13.8. The molecule has 0 spiro atoms. The topological polar surface area (TPSA) is 61.8 Å². The third-order valence-electron chi connectivity index (χ3n) is 3.18. The number of benzene rings is 1. The number of halogens is 1. The minimum Gasteiger partial charge on any atom is -0.409 e. The molecule has 6 heteroatoms. The Morgan fingerprint density at radius 1 is 1.63 bits per heavy atom. The van der Waals surface area contributed by atoms with E-state index < -0.39 is 0 Å². The van der Waals surface area contributed by atoms with E-state index >= 15 is 0 Å². The van der Waals surface area contributed by atoms with Crippen molar-refractivity contribution in [2.24, 2.45) is 10.9 Å². The van der Waals surface area contributed by atoms with Crippen LogP contribution in [-0.4, -0.2) is 40.0 Å². The Bertz CT molecular complexity index is 481. The monoisotopic (exact) mass is 299 g/mol. The van der Waals surface area contributed by atoms with E-state index in [1.54, 1.807) is 6.07 Å². The number of rotatable bonds is 3. The maximum Gasteiger partial charge on any atom is 0.170 e. The normalized spacial score (nSPS) is 21.6. The SMILES string of the molecule is CC1CN(Cc2ccc(/C(N)=N/O)cc2Cl)CCS1. The molecular formula is C13H18ClN3OS. The molecule has 1 aliphatic heterocycles. The second-order valence-electron chi connectivity index (χ2n) is 4.71. The third-order valence-corrected chi connectivity index (χ3v) is 4.66. The van der Waals surface area contributed by atoms with Gasteiger partial charge in [0.25, 0.3) is 0 Å². The van der Waals surface area contributed by atoms with Crippen LogP contribution < -0.4 is 5.73 Å². The quantitative estimate of drug-likeness (QED) is 0.389.